The first-order valence-electron chi connectivity index (χ1n) is 6.25. The summed E-state index contributed by atoms with van der Waals surface area (Å²) in [4.78, 5) is 12.2. The van der Waals surface area contributed by atoms with Gasteiger partial charge < -0.3 is 10.1 Å². The minimum atomic E-state index is -0.153. The van der Waals surface area contributed by atoms with E-state index in [1.54, 1.807) is 31.4 Å². The Kier molecular flexibility index (Phi) is 4.77. The second-order valence-electron chi connectivity index (χ2n) is 4.54. The summed E-state index contributed by atoms with van der Waals surface area (Å²) in [6, 6.07) is 12.7. The molecule has 0 heterocycles. The van der Waals surface area contributed by atoms with Crippen molar-refractivity contribution in [2.24, 2.45) is 0 Å². The molecular weight excluding hydrogens is 274 g/mol. The minimum absolute atomic E-state index is 0.153. The fraction of sp³-hybridized carbons (Fsp3) is 0.188. The first kappa shape index (κ1) is 14.6. The lowest BCUT2D eigenvalue weighted by atomic mass is 10.1. The Morgan fingerprint density at radius 1 is 1.20 bits per heavy atom. The Labute approximate surface area is 123 Å². The predicted octanol–water partition coefficient (Wildman–Crippen LogP) is 4.05. The second-order valence-corrected chi connectivity index (χ2v) is 4.98. The van der Waals surface area contributed by atoms with Crippen molar-refractivity contribution >= 4 is 23.2 Å². The van der Waals surface area contributed by atoms with E-state index in [0.29, 0.717) is 17.2 Å². The number of anilines is 1. The van der Waals surface area contributed by atoms with E-state index in [1.807, 2.05) is 25.1 Å². The average molecular weight is 290 g/mol. The van der Waals surface area contributed by atoms with Crippen LogP contribution in [0.25, 0.3) is 0 Å². The number of aryl methyl sites for hydroxylation is 1. The van der Waals surface area contributed by atoms with E-state index in [1.165, 1.54) is 0 Å². The molecule has 1 amide bonds. The van der Waals surface area contributed by atoms with Crippen LogP contribution >= 0.6 is 11.6 Å². The summed E-state index contributed by atoms with van der Waals surface area (Å²) in [5.74, 6) is -0.153. The van der Waals surface area contributed by atoms with Crippen LogP contribution in [0.15, 0.2) is 42.5 Å². The first-order valence-corrected chi connectivity index (χ1v) is 6.63. The molecule has 0 aliphatic heterocycles. The molecule has 20 heavy (non-hydrogen) atoms. The Hall–Kier alpha value is -1.84. The SMILES string of the molecule is COCc1ccc(C(=O)Nc2cc(Cl)ccc2C)cc1. The van der Waals surface area contributed by atoms with Crippen LogP contribution in [-0.2, 0) is 11.3 Å². The Balaban J connectivity index is 2.13. The fourth-order valence-electron chi connectivity index (χ4n) is 1.84. The zero-order valence-electron chi connectivity index (χ0n) is 11.4. The molecule has 3 nitrogen and oxygen atoms in total. The van der Waals surface area contributed by atoms with E-state index in [0.717, 1.165) is 16.8 Å². The summed E-state index contributed by atoms with van der Waals surface area (Å²) in [5, 5.41) is 3.46. The molecule has 0 atom stereocenters. The average Bonchev–Trinajstić information content (AvgIpc) is 2.44. The molecular formula is C16H16ClNO2. The van der Waals surface area contributed by atoms with Crippen molar-refractivity contribution in [2.75, 3.05) is 12.4 Å². The maximum Gasteiger partial charge on any atom is 0.255 e. The van der Waals surface area contributed by atoms with Crippen LogP contribution in [0.4, 0.5) is 5.69 Å². The third-order valence-electron chi connectivity index (χ3n) is 2.97. The zero-order chi connectivity index (χ0) is 14.5. The van der Waals surface area contributed by atoms with E-state index in [4.69, 9.17) is 16.3 Å². The standard InChI is InChI=1S/C16H16ClNO2/c1-11-3-8-14(17)9-15(11)18-16(19)13-6-4-12(5-7-13)10-20-2/h3-9H,10H2,1-2H3,(H,18,19). The van der Waals surface area contributed by atoms with Crippen LogP contribution in [0.3, 0.4) is 0 Å². The van der Waals surface area contributed by atoms with Gasteiger partial charge in [-0.3, -0.25) is 4.79 Å². The summed E-state index contributed by atoms with van der Waals surface area (Å²) in [6.45, 7) is 2.46. The van der Waals surface area contributed by atoms with Gasteiger partial charge in [0, 0.05) is 23.4 Å². The van der Waals surface area contributed by atoms with Gasteiger partial charge in [-0.05, 0) is 42.3 Å². The summed E-state index contributed by atoms with van der Waals surface area (Å²) in [5.41, 5.74) is 3.33. The van der Waals surface area contributed by atoms with Gasteiger partial charge in [-0.2, -0.15) is 0 Å². The van der Waals surface area contributed by atoms with Crippen molar-refractivity contribution in [1.29, 1.82) is 0 Å². The summed E-state index contributed by atoms with van der Waals surface area (Å²) < 4.78 is 5.04. The maximum absolute atomic E-state index is 12.2. The molecule has 2 aromatic rings. The van der Waals surface area contributed by atoms with E-state index < -0.39 is 0 Å². The van der Waals surface area contributed by atoms with Crippen molar-refractivity contribution in [3.05, 3.63) is 64.2 Å². The lowest BCUT2D eigenvalue weighted by molar-refractivity contribution is 0.102. The lowest BCUT2D eigenvalue weighted by Crippen LogP contribution is -2.12. The molecule has 0 aliphatic rings. The van der Waals surface area contributed by atoms with Crippen LogP contribution in [0.5, 0.6) is 0 Å². The number of ether oxygens (including phenoxy) is 1. The lowest BCUT2D eigenvalue weighted by Gasteiger charge is -2.09. The van der Waals surface area contributed by atoms with Gasteiger partial charge in [0.05, 0.1) is 6.61 Å². The molecule has 0 saturated heterocycles. The zero-order valence-corrected chi connectivity index (χ0v) is 12.2. The number of methoxy groups -OCH3 is 1. The number of amides is 1. The number of benzene rings is 2. The quantitative estimate of drug-likeness (QED) is 0.922. The highest BCUT2D eigenvalue weighted by Crippen LogP contribution is 2.21. The van der Waals surface area contributed by atoms with Crippen LogP contribution in [-0.4, -0.2) is 13.0 Å². The van der Waals surface area contributed by atoms with Gasteiger partial charge in [0.15, 0.2) is 0 Å². The monoisotopic (exact) mass is 289 g/mol. The van der Waals surface area contributed by atoms with Gasteiger partial charge in [0.2, 0.25) is 0 Å². The second kappa shape index (κ2) is 6.55. The Bertz CT molecular complexity index is 608. The molecule has 2 aromatic carbocycles. The number of nitrogens with one attached hydrogen (secondary N) is 1. The summed E-state index contributed by atoms with van der Waals surface area (Å²) >= 11 is 5.94. The molecule has 2 rings (SSSR count). The summed E-state index contributed by atoms with van der Waals surface area (Å²) in [6.07, 6.45) is 0. The van der Waals surface area contributed by atoms with Gasteiger partial charge in [-0.25, -0.2) is 0 Å². The van der Waals surface area contributed by atoms with E-state index in [-0.39, 0.29) is 5.91 Å². The molecule has 0 bridgehead atoms. The molecule has 0 spiro atoms. The smallest absolute Gasteiger partial charge is 0.255 e. The fourth-order valence-corrected chi connectivity index (χ4v) is 2.01. The number of hydrogen-bond acceptors (Lipinski definition) is 2. The van der Waals surface area contributed by atoms with Gasteiger partial charge in [0.25, 0.3) is 5.91 Å². The van der Waals surface area contributed by atoms with Crippen LogP contribution in [0.2, 0.25) is 5.02 Å². The molecule has 0 aliphatic carbocycles. The molecule has 0 fully saturated rings. The predicted molar refractivity (Wildman–Crippen MR) is 81.3 cm³/mol. The minimum Gasteiger partial charge on any atom is -0.380 e. The third-order valence-corrected chi connectivity index (χ3v) is 3.21. The third kappa shape index (κ3) is 3.59. The molecule has 0 aromatic heterocycles. The maximum atomic E-state index is 12.2. The first-order chi connectivity index (χ1) is 9.60. The van der Waals surface area contributed by atoms with Crippen molar-refractivity contribution in [3.63, 3.8) is 0 Å². The molecule has 4 heteroatoms. The van der Waals surface area contributed by atoms with Gasteiger partial charge in [-0.1, -0.05) is 29.8 Å². The van der Waals surface area contributed by atoms with Crippen molar-refractivity contribution in [2.45, 2.75) is 13.5 Å². The number of carbonyl (C=O) groups excluding carboxylic acids is 1. The highest BCUT2D eigenvalue weighted by atomic mass is 35.5. The number of carbonyl (C=O) groups is 1. The molecule has 1 N–H and O–H groups in total. The van der Waals surface area contributed by atoms with Crippen molar-refractivity contribution in [3.8, 4) is 0 Å². The van der Waals surface area contributed by atoms with Crippen LogP contribution < -0.4 is 5.32 Å². The molecule has 0 unspecified atom stereocenters. The largest absolute Gasteiger partial charge is 0.380 e. The normalized spacial score (nSPS) is 10.3. The van der Waals surface area contributed by atoms with Gasteiger partial charge in [-0.15, -0.1) is 0 Å². The Morgan fingerprint density at radius 3 is 2.55 bits per heavy atom. The molecule has 104 valence electrons. The van der Waals surface area contributed by atoms with Crippen molar-refractivity contribution < 1.29 is 9.53 Å². The van der Waals surface area contributed by atoms with Crippen molar-refractivity contribution in [1.82, 2.24) is 0 Å². The number of rotatable bonds is 4. The van der Waals surface area contributed by atoms with E-state index in [9.17, 15) is 4.79 Å². The van der Waals surface area contributed by atoms with Crippen LogP contribution in [0.1, 0.15) is 21.5 Å². The van der Waals surface area contributed by atoms with Crippen LogP contribution in [0, 0.1) is 6.92 Å². The number of halogens is 1. The van der Waals surface area contributed by atoms with Gasteiger partial charge >= 0.3 is 0 Å². The Morgan fingerprint density at radius 2 is 1.90 bits per heavy atom. The molecule has 0 radical (unpaired) electrons. The van der Waals surface area contributed by atoms with E-state index in [2.05, 4.69) is 5.32 Å². The summed E-state index contributed by atoms with van der Waals surface area (Å²) in [7, 11) is 1.64. The molecule has 0 saturated carbocycles. The highest BCUT2D eigenvalue weighted by molar-refractivity contribution is 6.31. The topological polar surface area (TPSA) is 38.3 Å². The number of hydrogen-bond donors (Lipinski definition) is 1. The highest BCUT2D eigenvalue weighted by Gasteiger charge is 2.08. The van der Waals surface area contributed by atoms with E-state index >= 15 is 0 Å². The van der Waals surface area contributed by atoms with Gasteiger partial charge in [0.1, 0.15) is 0 Å².